The van der Waals surface area contributed by atoms with E-state index in [0.29, 0.717) is 0 Å². The molecule has 0 aromatic rings. The Hall–Kier alpha value is 0.310. The Morgan fingerprint density at radius 3 is 2.45 bits per heavy atom. The zero-order valence-electron chi connectivity index (χ0n) is 8.10. The standard InChI is InChI=1S/C9H21NS/c1-4-5-6-7-8-10(2)9-11-3/h4-9H2,1-3H3. The fourth-order valence-electron chi connectivity index (χ4n) is 1.09. The third-order valence-electron chi connectivity index (χ3n) is 1.74. The van der Waals surface area contributed by atoms with Crippen molar-refractivity contribution in [3.8, 4) is 0 Å². The van der Waals surface area contributed by atoms with Crippen molar-refractivity contribution in [2.75, 3.05) is 25.7 Å². The molecular weight excluding hydrogens is 154 g/mol. The van der Waals surface area contributed by atoms with Crippen LogP contribution in [0.2, 0.25) is 0 Å². The van der Waals surface area contributed by atoms with Crippen molar-refractivity contribution in [1.29, 1.82) is 0 Å². The summed E-state index contributed by atoms with van der Waals surface area (Å²) in [7, 11) is 2.20. The van der Waals surface area contributed by atoms with E-state index in [1.54, 1.807) is 0 Å². The van der Waals surface area contributed by atoms with E-state index in [2.05, 4.69) is 25.1 Å². The highest BCUT2D eigenvalue weighted by Gasteiger charge is 1.94. The number of hydrogen-bond acceptors (Lipinski definition) is 2. The van der Waals surface area contributed by atoms with Crippen LogP contribution in [0.1, 0.15) is 32.6 Å². The molecule has 0 aromatic heterocycles. The normalized spacial score (nSPS) is 10.9. The van der Waals surface area contributed by atoms with Gasteiger partial charge in [-0.1, -0.05) is 26.2 Å². The van der Waals surface area contributed by atoms with Gasteiger partial charge in [0, 0.05) is 5.88 Å². The summed E-state index contributed by atoms with van der Waals surface area (Å²) in [5.41, 5.74) is 0. The van der Waals surface area contributed by atoms with E-state index < -0.39 is 0 Å². The third-order valence-corrected chi connectivity index (χ3v) is 2.44. The van der Waals surface area contributed by atoms with Gasteiger partial charge in [-0.15, -0.1) is 11.8 Å². The molecule has 0 spiro atoms. The van der Waals surface area contributed by atoms with Gasteiger partial charge in [0.25, 0.3) is 0 Å². The molecule has 11 heavy (non-hydrogen) atoms. The molecule has 0 aliphatic carbocycles. The van der Waals surface area contributed by atoms with Crippen LogP contribution < -0.4 is 0 Å². The number of nitrogens with zero attached hydrogens (tertiary/aromatic N) is 1. The predicted octanol–water partition coefficient (Wildman–Crippen LogP) is 2.82. The van der Waals surface area contributed by atoms with E-state index in [9.17, 15) is 0 Å². The summed E-state index contributed by atoms with van der Waals surface area (Å²) in [5, 5.41) is 0. The molecule has 0 heterocycles. The van der Waals surface area contributed by atoms with Gasteiger partial charge in [-0.3, -0.25) is 4.90 Å². The Kier molecular flexibility index (Phi) is 8.64. The number of thioether (sulfide) groups is 1. The van der Waals surface area contributed by atoms with E-state index >= 15 is 0 Å². The molecule has 0 saturated carbocycles. The first-order chi connectivity index (χ1) is 5.31. The van der Waals surface area contributed by atoms with Gasteiger partial charge in [0.05, 0.1) is 0 Å². The van der Waals surface area contributed by atoms with Crippen molar-refractivity contribution in [2.45, 2.75) is 32.6 Å². The molecule has 2 heteroatoms. The average molecular weight is 175 g/mol. The molecule has 0 N–H and O–H groups in total. The Labute approximate surface area is 75.5 Å². The molecule has 0 fully saturated rings. The molecule has 0 aliphatic heterocycles. The maximum atomic E-state index is 2.39. The van der Waals surface area contributed by atoms with Gasteiger partial charge in [0.2, 0.25) is 0 Å². The van der Waals surface area contributed by atoms with E-state index in [-0.39, 0.29) is 0 Å². The third kappa shape index (κ3) is 8.21. The van der Waals surface area contributed by atoms with Crippen molar-refractivity contribution in [3.63, 3.8) is 0 Å². The molecule has 68 valence electrons. The number of hydrogen-bond donors (Lipinski definition) is 0. The van der Waals surface area contributed by atoms with E-state index in [0.717, 1.165) is 0 Å². The lowest BCUT2D eigenvalue weighted by molar-refractivity contribution is 0.377. The Bertz CT molecular complexity index is 76.0. The van der Waals surface area contributed by atoms with Gasteiger partial charge in [0.1, 0.15) is 0 Å². The second kappa shape index (κ2) is 8.41. The quantitative estimate of drug-likeness (QED) is 0.432. The highest BCUT2D eigenvalue weighted by molar-refractivity contribution is 7.98. The summed E-state index contributed by atoms with van der Waals surface area (Å²) in [6.07, 6.45) is 7.65. The van der Waals surface area contributed by atoms with Gasteiger partial charge in [-0.2, -0.15) is 0 Å². The molecule has 0 radical (unpaired) electrons. The fourth-order valence-corrected chi connectivity index (χ4v) is 1.66. The second-order valence-corrected chi connectivity index (χ2v) is 3.89. The minimum Gasteiger partial charge on any atom is -0.297 e. The summed E-state index contributed by atoms with van der Waals surface area (Å²) >= 11 is 1.90. The lowest BCUT2D eigenvalue weighted by Gasteiger charge is -2.13. The monoisotopic (exact) mass is 175 g/mol. The molecule has 0 aromatic carbocycles. The lowest BCUT2D eigenvalue weighted by Crippen LogP contribution is -2.18. The summed E-state index contributed by atoms with van der Waals surface area (Å²) in [5.74, 6) is 1.17. The second-order valence-electron chi connectivity index (χ2n) is 3.06. The van der Waals surface area contributed by atoms with Crippen molar-refractivity contribution in [2.24, 2.45) is 0 Å². The van der Waals surface area contributed by atoms with Crippen LogP contribution >= 0.6 is 11.8 Å². The maximum absolute atomic E-state index is 2.39. The largest absolute Gasteiger partial charge is 0.297 e. The van der Waals surface area contributed by atoms with E-state index in [1.807, 2.05) is 11.8 Å². The fraction of sp³-hybridized carbons (Fsp3) is 1.00. The van der Waals surface area contributed by atoms with Crippen LogP contribution in [0.5, 0.6) is 0 Å². The minimum atomic E-state index is 1.17. The minimum absolute atomic E-state index is 1.17. The molecule has 0 saturated heterocycles. The van der Waals surface area contributed by atoms with Gasteiger partial charge < -0.3 is 0 Å². The first kappa shape index (κ1) is 11.3. The molecule has 0 atom stereocenters. The molecular formula is C9H21NS. The summed E-state index contributed by atoms with van der Waals surface area (Å²) in [4.78, 5) is 2.39. The van der Waals surface area contributed by atoms with Crippen LogP contribution in [-0.2, 0) is 0 Å². The van der Waals surface area contributed by atoms with Gasteiger partial charge in [0.15, 0.2) is 0 Å². The Balaban J connectivity index is 2.97. The van der Waals surface area contributed by atoms with Crippen molar-refractivity contribution < 1.29 is 0 Å². The Morgan fingerprint density at radius 2 is 1.91 bits per heavy atom. The van der Waals surface area contributed by atoms with E-state index in [1.165, 1.54) is 38.1 Å². The highest BCUT2D eigenvalue weighted by Crippen LogP contribution is 2.02. The highest BCUT2D eigenvalue weighted by atomic mass is 32.2. The summed E-state index contributed by atoms with van der Waals surface area (Å²) in [6, 6.07) is 0. The summed E-state index contributed by atoms with van der Waals surface area (Å²) in [6.45, 7) is 3.52. The molecule has 0 bridgehead atoms. The first-order valence-corrected chi connectivity index (χ1v) is 5.88. The van der Waals surface area contributed by atoms with Crippen molar-refractivity contribution >= 4 is 11.8 Å². The first-order valence-electron chi connectivity index (χ1n) is 4.48. The van der Waals surface area contributed by atoms with Gasteiger partial charge in [-0.25, -0.2) is 0 Å². The zero-order chi connectivity index (χ0) is 8.53. The van der Waals surface area contributed by atoms with Crippen LogP contribution in [0.3, 0.4) is 0 Å². The number of rotatable bonds is 7. The van der Waals surface area contributed by atoms with Crippen LogP contribution in [0.4, 0.5) is 0 Å². The molecule has 0 amide bonds. The SMILES string of the molecule is CCCCCCN(C)CSC. The topological polar surface area (TPSA) is 3.24 Å². The van der Waals surface area contributed by atoms with Crippen LogP contribution in [-0.4, -0.2) is 30.6 Å². The van der Waals surface area contributed by atoms with Gasteiger partial charge in [-0.05, 0) is 26.3 Å². The number of unbranched alkanes of at least 4 members (excludes halogenated alkanes) is 3. The molecule has 0 rings (SSSR count). The molecule has 0 aliphatic rings. The average Bonchev–Trinajstić information content (AvgIpc) is 1.99. The van der Waals surface area contributed by atoms with Gasteiger partial charge >= 0.3 is 0 Å². The smallest absolute Gasteiger partial charge is 0.0438 e. The van der Waals surface area contributed by atoms with Crippen LogP contribution in [0, 0.1) is 0 Å². The predicted molar refractivity (Wildman–Crippen MR) is 55.2 cm³/mol. The molecule has 0 unspecified atom stereocenters. The summed E-state index contributed by atoms with van der Waals surface area (Å²) < 4.78 is 0. The lowest BCUT2D eigenvalue weighted by atomic mass is 10.2. The Morgan fingerprint density at radius 1 is 1.18 bits per heavy atom. The van der Waals surface area contributed by atoms with Crippen molar-refractivity contribution in [3.05, 3.63) is 0 Å². The van der Waals surface area contributed by atoms with Crippen LogP contribution in [0.15, 0.2) is 0 Å². The maximum Gasteiger partial charge on any atom is 0.0438 e. The molecule has 1 nitrogen and oxygen atoms in total. The zero-order valence-corrected chi connectivity index (χ0v) is 8.91. The van der Waals surface area contributed by atoms with Crippen molar-refractivity contribution in [1.82, 2.24) is 4.90 Å². The van der Waals surface area contributed by atoms with E-state index in [4.69, 9.17) is 0 Å². The van der Waals surface area contributed by atoms with Crippen LogP contribution in [0.25, 0.3) is 0 Å².